The van der Waals surface area contributed by atoms with Crippen molar-refractivity contribution < 1.29 is 0 Å². The van der Waals surface area contributed by atoms with Gasteiger partial charge in [0, 0.05) is 16.6 Å². The number of benzene rings is 6. The van der Waals surface area contributed by atoms with Crippen LogP contribution >= 0.6 is 0 Å². The molecule has 0 fully saturated rings. The Balaban J connectivity index is 1.37. The van der Waals surface area contributed by atoms with Crippen molar-refractivity contribution in [1.82, 2.24) is 8.97 Å². The number of hydrogen-bond donors (Lipinski definition) is 0. The number of imidazole rings is 1. The van der Waals surface area contributed by atoms with Gasteiger partial charge in [0.25, 0.3) is 0 Å². The summed E-state index contributed by atoms with van der Waals surface area (Å²) in [5.41, 5.74) is 13.3. The van der Waals surface area contributed by atoms with Crippen LogP contribution in [0.2, 0.25) is 0 Å². The first kappa shape index (κ1) is 22.6. The van der Waals surface area contributed by atoms with E-state index < -0.39 is 0 Å². The normalized spacial score (nSPS) is 11.5. The van der Waals surface area contributed by atoms with E-state index in [1.54, 1.807) is 0 Å². The zero-order valence-corrected chi connectivity index (χ0v) is 21.9. The van der Waals surface area contributed by atoms with Crippen LogP contribution in [0.1, 0.15) is 0 Å². The third-order valence-corrected chi connectivity index (χ3v) is 7.92. The van der Waals surface area contributed by atoms with Crippen molar-refractivity contribution in [3.8, 4) is 39.1 Å². The van der Waals surface area contributed by atoms with Gasteiger partial charge in [0.15, 0.2) is 0 Å². The largest absolute Gasteiger partial charge is 0.293 e. The lowest BCUT2D eigenvalue weighted by Gasteiger charge is -2.11. The van der Waals surface area contributed by atoms with Crippen molar-refractivity contribution in [2.24, 2.45) is 0 Å². The van der Waals surface area contributed by atoms with Gasteiger partial charge in [-0.1, -0.05) is 127 Å². The minimum absolute atomic E-state index is 1.15. The Morgan fingerprint density at radius 1 is 0.350 bits per heavy atom. The quantitative estimate of drug-likeness (QED) is 0.223. The molecule has 0 atom stereocenters. The Morgan fingerprint density at radius 3 is 1.60 bits per heavy atom. The molecule has 0 amide bonds. The van der Waals surface area contributed by atoms with Crippen LogP contribution in [0.4, 0.5) is 0 Å². The fourth-order valence-corrected chi connectivity index (χ4v) is 6.10. The highest BCUT2D eigenvalue weighted by atomic mass is 15.1. The monoisotopic (exact) mass is 510 g/mol. The lowest BCUT2D eigenvalue weighted by molar-refractivity contribution is 1.15. The lowest BCUT2D eigenvalue weighted by Crippen LogP contribution is -1.96. The Labute approximate surface area is 233 Å². The Bertz CT molecular complexity index is 2130. The smallest absolute Gasteiger partial charge is 0.131 e. The predicted molar refractivity (Wildman–Crippen MR) is 168 cm³/mol. The molecule has 8 aromatic rings. The lowest BCUT2D eigenvalue weighted by atomic mass is 10.00. The van der Waals surface area contributed by atoms with Gasteiger partial charge >= 0.3 is 0 Å². The summed E-state index contributed by atoms with van der Waals surface area (Å²) in [6.07, 6.45) is 0. The van der Waals surface area contributed by atoms with E-state index in [2.05, 4.69) is 167 Å². The first-order chi connectivity index (χ1) is 19.9. The van der Waals surface area contributed by atoms with Crippen LogP contribution in [0.15, 0.2) is 158 Å². The van der Waals surface area contributed by atoms with Gasteiger partial charge in [0.2, 0.25) is 0 Å². The second-order valence-corrected chi connectivity index (χ2v) is 10.2. The number of aromatic nitrogens is 2. The van der Waals surface area contributed by atoms with E-state index in [9.17, 15) is 0 Å². The molecule has 8 rings (SSSR count). The maximum Gasteiger partial charge on any atom is 0.131 e. The second kappa shape index (κ2) is 9.14. The summed E-state index contributed by atoms with van der Waals surface area (Å²) in [5.74, 6) is 0. The van der Waals surface area contributed by atoms with Gasteiger partial charge < -0.3 is 0 Å². The van der Waals surface area contributed by atoms with Gasteiger partial charge in [-0.25, -0.2) is 0 Å². The summed E-state index contributed by atoms with van der Waals surface area (Å²) in [4.78, 5) is 0. The average Bonchev–Trinajstić information content (AvgIpc) is 3.55. The average molecular weight is 511 g/mol. The van der Waals surface area contributed by atoms with Crippen molar-refractivity contribution in [1.29, 1.82) is 0 Å². The zero-order valence-electron chi connectivity index (χ0n) is 21.9. The molecule has 6 aromatic carbocycles. The summed E-state index contributed by atoms with van der Waals surface area (Å²) in [6, 6.07) is 56.6. The molecule has 0 aliphatic rings. The number of rotatable bonds is 4. The van der Waals surface area contributed by atoms with E-state index in [0.717, 1.165) is 5.69 Å². The molecule has 40 heavy (non-hydrogen) atoms. The van der Waals surface area contributed by atoms with Gasteiger partial charge in [0.05, 0.1) is 16.6 Å². The molecular weight excluding hydrogens is 484 g/mol. The molecule has 0 saturated carbocycles. The van der Waals surface area contributed by atoms with Gasteiger partial charge in [-0.05, 0) is 58.1 Å². The summed E-state index contributed by atoms with van der Waals surface area (Å²) < 4.78 is 4.85. The molecule has 0 aliphatic carbocycles. The molecule has 0 unspecified atom stereocenters. The topological polar surface area (TPSA) is 9.34 Å². The van der Waals surface area contributed by atoms with Crippen LogP contribution in [0, 0.1) is 0 Å². The zero-order chi connectivity index (χ0) is 26.5. The molecule has 0 spiro atoms. The molecule has 2 heteroatoms. The summed E-state index contributed by atoms with van der Waals surface area (Å²) >= 11 is 0. The van der Waals surface area contributed by atoms with E-state index in [1.165, 1.54) is 61.0 Å². The first-order valence-corrected chi connectivity index (χ1v) is 13.7. The van der Waals surface area contributed by atoms with Crippen LogP contribution in [0.5, 0.6) is 0 Å². The first-order valence-electron chi connectivity index (χ1n) is 13.7. The molecule has 2 aromatic heterocycles. The van der Waals surface area contributed by atoms with Crippen molar-refractivity contribution in [3.05, 3.63) is 158 Å². The van der Waals surface area contributed by atoms with Crippen LogP contribution in [0.3, 0.4) is 0 Å². The number of para-hydroxylation sites is 3. The highest BCUT2D eigenvalue weighted by Gasteiger charge is 2.22. The highest BCUT2D eigenvalue weighted by Crippen LogP contribution is 2.41. The van der Waals surface area contributed by atoms with Crippen LogP contribution in [-0.4, -0.2) is 8.97 Å². The van der Waals surface area contributed by atoms with E-state index >= 15 is 0 Å². The number of fused-ring (bicyclic) bond motifs is 5. The summed E-state index contributed by atoms with van der Waals surface area (Å²) in [7, 11) is 0. The van der Waals surface area contributed by atoms with Gasteiger partial charge in [-0.15, -0.1) is 0 Å². The molecule has 0 saturated heterocycles. The minimum atomic E-state index is 1.15. The predicted octanol–water partition coefficient (Wildman–Crippen LogP) is 10.0. The molecule has 0 aliphatic heterocycles. The van der Waals surface area contributed by atoms with E-state index in [4.69, 9.17) is 0 Å². The fourth-order valence-electron chi connectivity index (χ4n) is 6.10. The Hall–Kier alpha value is -5.34. The molecule has 0 bridgehead atoms. The van der Waals surface area contributed by atoms with Crippen molar-refractivity contribution in [2.45, 2.75) is 0 Å². The summed E-state index contributed by atoms with van der Waals surface area (Å²) in [5, 5.41) is 1.26. The van der Waals surface area contributed by atoms with Crippen molar-refractivity contribution in [2.75, 3.05) is 0 Å². The number of nitrogens with zero attached hydrogens (tertiary/aromatic N) is 2. The maximum absolute atomic E-state index is 2.43. The molecular formula is C38H26N2. The number of hydrogen-bond acceptors (Lipinski definition) is 0. The van der Waals surface area contributed by atoms with Gasteiger partial charge in [-0.2, -0.15) is 0 Å². The molecule has 0 radical (unpaired) electrons. The summed E-state index contributed by atoms with van der Waals surface area (Å²) in [6.45, 7) is 0. The van der Waals surface area contributed by atoms with Crippen molar-refractivity contribution in [3.63, 3.8) is 0 Å². The standard InChI is InChI=1S/C38H26N2/c1-3-12-27(13-4-1)28-22-24-29(25-23-28)31-16-11-17-32(26-31)39-35-20-9-10-21-36(35)40-34-19-8-7-18-33(34)37(38(39)40)30-14-5-2-6-15-30/h1-26H. The van der Waals surface area contributed by atoms with E-state index in [1.807, 2.05) is 0 Å². The molecule has 2 nitrogen and oxygen atoms in total. The second-order valence-electron chi connectivity index (χ2n) is 10.2. The Kier molecular flexibility index (Phi) is 5.17. The van der Waals surface area contributed by atoms with Crippen LogP contribution in [0.25, 0.3) is 66.7 Å². The Morgan fingerprint density at radius 2 is 0.875 bits per heavy atom. The van der Waals surface area contributed by atoms with Crippen molar-refractivity contribution >= 4 is 27.6 Å². The fraction of sp³-hybridized carbons (Fsp3) is 0. The third-order valence-electron chi connectivity index (χ3n) is 7.92. The molecule has 188 valence electrons. The molecule has 2 heterocycles. The van der Waals surface area contributed by atoms with E-state index in [-0.39, 0.29) is 0 Å². The minimum Gasteiger partial charge on any atom is -0.293 e. The van der Waals surface area contributed by atoms with Gasteiger partial charge in [0.1, 0.15) is 5.65 Å². The van der Waals surface area contributed by atoms with Crippen LogP contribution < -0.4 is 0 Å². The third kappa shape index (κ3) is 3.50. The van der Waals surface area contributed by atoms with Gasteiger partial charge in [-0.3, -0.25) is 8.97 Å². The highest BCUT2D eigenvalue weighted by molar-refractivity contribution is 6.09. The van der Waals surface area contributed by atoms with E-state index in [0.29, 0.717) is 0 Å². The SMILES string of the molecule is c1ccc(-c2ccc(-c3cccc(-n4c5ccccc5n5c6ccccc6c(-c6ccccc6)c45)c3)cc2)cc1. The van der Waals surface area contributed by atoms with Crippen LogP contribution in [-0.2, 0) is 0 Å². The molecule has 0 N–H and O–H groups in total. The maximum atomic E-state index is 2.43.